The van der Waals surface area contributed by atoms with Crippen LogP contribution in [0.2, 0.25) is 5.02 Å². The second-order valence-electron chi connectivity index (χ2n) is 4.22. The van der Waals surface area contributed by atoms with E-state index >= 15 is 0 Å². The molecule has 0 saturated heterocycles. The van der Waals surface area contributed by atoms with Gasteiger partial charge in [-0.05, 0) is 19.1 Å². The van der Waals surface area contributed by atoms with Gasteiger partial charge in [0.2, 0.25) is 0 Å². The Hall–Kier alpha value is -1.26. The van der Waals surface area contributed by atoms with Crippen molar-refractivity contribution in [3.05, 3.63) is 45.3 Å². The summed E-state index contributed by atoms with van der Waals surface area (Å²) in [6.07, 6.45) is 0. The van der Waals surface area contributed by atoms with E-state index < -0.39 is 36.9 Å². The standard InChI is InChI=1S/C12H8ClF2NO4S2.ClH/c1-5-7(4-10(21-5)22(18,19)20)12(17)16-6-2-8(13)11(15)9(14)3-6;/h2-4H,1H3,(H,16,17)(H,18,19,20);1H. The fraction of sp³-hybridized carbons (Fsp3) is 0.0833. The zero-order valence-corrected chi connectivity index (χ0v) is 14.5. The largest absolute Gasteiger partial charge is 0.322 e. The molecule has 2 N–H and O–H groups in total. The average Bonchev–Trinajstić information content (AvgIpc) is 2.78. The second-order valence-corrected chi connectivity index (χ2v) is 7.53. The van der Waals surface area contributed by atoms with Gasteiger partial charge in [-0.25, -0.2) is 8.78 Å². The molecule has 0 saturated carbocycles. The number of amides is 1. The molecule has 2 rings (SSSR count). The van der Waals surface area contributed by atoms with Crippen molar-refractivity contribution >= 4 is 57.1 Å². The van der Waals surface area contributed by atoms with E-state index in [0.29, 0.717) is 16.2 Å². The van der Waals surface area contributed by atoms with Crippen molar-refractivity contribution in [1.29, 1.82) is 0 Å². The Balaban J connectivity index is 0.00000264. The summed E-state index contributed by atoms with van der Waals surface area (Å²) in [7, 11) is -4.42. The third kappa shape index (κ3) is 4.39. The Morgan fingerprint density at radius 2 is 1.91 bits per heavy atom. The Kier molecular flexibility index (Phi) is 6.11. The molecule has 0 radical (unpaired) electrons. The Morgan fingerprint density at radius 3 is 2.39 bits per heavy atom. The maximum absolute atomic E-state index is 13.2. The summed E-state index contributed by atoms with van der Waals surface area (Å²) in [6, 6.07) is 2.75. The van der Waals surface area contributed by atoms with E-state index in [4.69, 9.17) is 16.2 Å². The average molecular weight is 404 g/mol. The van der Waals surface area contributed by atoms with E-state index in [9.17, 15) is 22.0 Å². The van der Waals surface area contributed by atoms with Gasteiger partial charge >= 0.3 is 10.1 Å². The van der Waals surface area contributed by atoms with Gasteiger partial charge in [0.25, 0.3) is 5.91 Å². The number of hydrogen-bond donors (Lipinski definition) is 2. The second kappa shape index (κ2) is 7.10. The van der Waals surface area contributed by atoms with Crippen LogP contribution in [0, 0.1) is 18.6 Å². The van der Waals surface area contributed by atoms with Gasteiger partial charge in [0, 0.05) is 16.6 Å². The number of benzene rings is 1. The molecule has 11 heteroatoms. The summed E-state index contributed by atoms with van der Waals surface area (Å²) in [5.41, 5.74) is -0.105. The number of carbonyl (C=O) groups excluding carboxylic acids is 1. The van der Waals surface area contributed by atoms with Crippen LogP contribution in [0.3, 0.4) is 0 Å². The minimum atomic E-state index is -4.42. The highest BCUT2D eigenvalue weighted by Crippen LogP contribution is 2.27. The molecule has 0 aliphatic carbocycles. The lowest BCUT2D eigenvalue weighted by Crippen LogP contribution is -2.12. The zero-order chi connectivity index (χ0) is 16.7. The molecule has 5 nitrogen and oxygen atoms in total. The van der Waals surface area contributed by atoms with Gasteiger partial charge in [0.15, 0.2) is 11.6 Å². The summed E-state index contributed by atoms with van der Waals surface area (Å²) >= 11 is 6.18. The maximum atomic E-state index is 13.2. The van der Waals surface area contributed by atoms with E-state index in [1.807, 2.05) is 0 Å². The van der Waals surface area contributed by atoms with Gasteiger partial charge in [0.05, 0.1) is 10.6 Å². The minimum absolute atomic E-state index is 0. The molecule has 0 bridgehead atoms. The fourth-order valence-electron chi connectivity index (χ4n) is 1.63. The van der Waals surface area contributed by atoms with Crippen molar-refractivity contribution in [1.82, 2.24) is 0 Å². The van der Waals surface area contributed by atoms with Crippen molar-refractivity contribution < 1.29 is 26.5 Å². The van der Waals surface area contributed by atoms with Gasteiger partial charge in [-0.2, -0.15) is 8.42 Å². The fourth-order valence-corrected chi connectivity index (χ4v) is 3.64. The lowest BCUT2D eigenvalue weighted by atomic mass is 10.2. The van der Waals surface area contributed by atoms with Crippen LogP contribution in [0.1, 0.15) is 15.2 Å². The number of carbonyl (C=O) groups is 1. The smallest absolute Gasteiger partial charge is 0.304 e. The van der Waals surface area contributed by atoms with Crippen LogP contribution >= 0.6 is 35.3 Å². The molecule has 1 heterocycles. The molecule has 0 unspecified atom stereocenters. The van der Waals surface area contributed by atoms with Gasteiger partial charge < -0.3 is 5.32 Å². The van der Waals surface area contributed by atoms with Crippen LogP contribution in [0.25, 0.3) is 0 Å². The first kappa shape index (κ1) is 19.8. The molecule has 23 heavy (non-hydrogen) atoms. The van der Waals surface area contributed by atoms with E-state index in [1.54, 1.807) is 0 Å². The van der Waals surface area contributed by atoms with Crippen LogP contribution < -0.4 is 5.32 Å². The summed E-state index contributed by atoms with van der Waals surface area (Å²) in [5.74, 6) is -3.21. The first-order valence-electron chi connectivity index (χ1n) is 5.63. The molecule has 0 fully saturated rings. The van der Waals surface area contributed by atoms with E-state index in [2.05, 4.69) is 5.32 Å². The number of rotatable bonds is 3. The number of anilines is 1. The minimum Gasteiger partial charge on any atom is -0.322 e. The molecule has 1 aromatic carbocycles. The Bertz CT molecular complexity index is 845. The first-order chi connectivity index (χ1) is 10.1. The molecule has 1 aromatic heterocycles. The summed E-state index contributed by atoms with van der Waals surface area (Å²) in [4.78, 5) is 12.4. The normalized spacial score (nSPS) is 11.0. The molecule has 0 spiro atoms. The molecule has 0 atom stereocenters. The quantitative estimate of drug-likeness (QED) is 0.600. The highest BCUT2D eigenvalue weighted by molar-refractivity contribution is 7.88. The third-order valence-corrected chi connectivity index (χ3v) is 5.26. The van der Waals surface area contributed by atoms with Gasteiger partial charge in [0.1, 0.15) is 4.21 Å². The van der Waals surface area contributed by atoms with Crippen LogP contribution in [0.5, 0.6) is 0 Å². The van der Waals surface area contributed by atoms with Crippen molar-refractivity contribution in [3.63, 3.8) is 0 Å². The van der Waals surface area contributed by atoms with Crippen LogP contribution in [0.4, 0.5) is 14.5 Å². The molecule has 1 amide bonds. The Labute approximate surface area is 145 Å². The van der Waals surface area contributed by atoms with Crippen LogP contribution in [-0.4, -0.2) is 18.9 Å². The van der Waals surface area contributed by atoms with E-state index in [1.165, 1.54) is 6.92 Å². The predicted octanol–water partition coefficient (Wildman–Crippen LogP) is 3.91. The highest BCUT2D eigenvalue weighted by atomic mass is 35.5. The SMILES string of the molecule is Cc1sc(S(=O)(=O)O)cc1C(=O)Nc1cc(F)c(F)c(Cl)c1.Cl. The predicted molar refractivity (Wildman–Crippen MR) is 85.4 cm³/mol. The van der Waals surface area contributed by atoms with Crippen molar-refractivity contribution in [2.24, 2.45) is 0 Å². The van der Waals surface area contributed by atoms with Crippen molar-refractivity contribution in [2.75, 3.05) is 5.32 Å². The molecule has 0 aliphatic rings. The molecule has 0 aliphatic heterocycles. The van der Waals surface area contributed by atoms with Crippen LogP contribution in [0.15, 0.2) is 22.4 Å². The topological polar surface area (TPSA) is 83.5 Å². The first-order valence-corrected chi connectivity index (χ1v) is 8.27. The van der Waals surface area contributed by atoms with Crippen LogP contribution in [-0.2, 0) is 10.1 Å². The molecular weight excluding hydrogens is 395 g/mol. The lowest BCUT2D eigenvalue weighted by Gasteiger charge is -2.06. The summed E-state index contributed by atoms with van der Waals surface area (Å²) in [5, 5.41) is 1.77. The van der Waals surface area contributed by atoms with Gasteiger partial charge in [-0.1, -0.05) is 11.6 Å². The summed E-state index contributed by atoms with van der Waals surface area (Å²) in [6.45, 7) is 1.48. The Morgan fingerprint density at radius 1 is 1.30 bits per heavy atom. The summed E-state index contributed by atoms with van der Waals surface area (Å²) < 4.78 is 56.9. The number of nitrogens with one attached hydrogen (secondary N) is 1. The lowest BCUT2D eigenvalue weighted by molar-refractivity contribution is 0.102. The van der Waals surface area contributed by atoms with E-state index in [-0.39, 0.29) is 23.7 Å². The maximum Gasteiger partial charge on any atom is 0.304 e. The zero-order valence-electron chi connectivity index (χ0n) is 11.3. The molecule has 126 valence electrons. The van der Waals surface area contributed by atoms with E-state index in [0.717, 1.165) is 18.2 Å². The highest BCUT2D eigenvalue weighted by Gasteiger charge is 2.20. The van der Waals surface area contributed by atoms with Gasteiger partial charge in [-0.15, -0.1) is 23.7 Å². The third-order valence-electron chi connectivity index (χ3n) is 2.64. The van der Waals surface area contributed by atoms with Gasteiger partial charge in [-0.3, -0.25) is 9.35 Å². The number of hydrogen-bond acceptors (Lipinski definition) is 4. The molecular formula is C12H9Cl2F2NO4S2. The molecule has 2 aromatic rings. The number of halogens is 4. The number of aryl methyl sites for hydroxylation is 1. The van der Waals surface area contributed by atoms with Crippen molar-refractivity contribution in [3.8, 4) is 0 Å². The van der Waals surface area contributed by atoms with Crippen molar-refractivity contribution in [2.45, 2.75) is 11.1 Å². The monoisotopic (exact) mass is 403 g/mol. The number of thiophene rings is 1.